The Kier molecular flexibility index (Phi) is 10.9. The van der Waals surface area contributed by atoms with Gasteiger partial charge in [0.1, 0.15) is 6.10 Å². The van der Waals surface area contributed by atoms with Crippen LogP contribution in [0.15, 0.2) is 48.6 Å². The standard InChI is InChI=1S/C20H30O3/c1-2-3-4-5-6-7-8-9-10-11-12-13-15-18-19(23-18)16-14-17-20(21)22/h6-7,9-13,15,18-19H,2-5,8,14,16-17H2,1H3,(H,21,22)/b7-6-,10-9+,12-11-,15-13+/t18-,19-/m0/s1. The molecule has 1 aliphatic rings. The molecule has 1 N–H and O–H groups in total. The van der Waals surface area contributed by atoms with Crippen LogP contribution in [-0.4, -0.2) is 23.3 Å². The molecule has 0 aromatic heterocycles. The van der Waals surface area contributed by atoms with Gasteiger partial charge in [0.2, 0.25) is 0 Å². The van der Waals surface area contributed by atoms with Gasteiger partial charge in [0.05, 0.1) is 6.10 Å². The lowest BCUT2D eigenvalue weighted by Crippen LogP contribution is -1.97. The van der Waals surface area contributed by atoms with Gasteiger partial charge >= 0.3 is 5.97 Å². The summed E-state index contributed by atoms with van der Waals surface area (Å²) in [4.78, 5) is 10.4. The highest BCUT2D eigenvalue weighted by atomic mass is 16.6. The molecule has 1 saturated heterocycles. The van der Waals surface area contributed by atoms with Crippen LogP contribution in [0.25, 0.3) is 0 Å². The first-order chi connectivity index (χ1) is 11.2. The Balaban J connectivity index is 1.99. The van der Waals surface area contributed by atoms with E-state index < -0.39 is 5.97 Å². The number of allylic oxidation sites excluding steroid dienone is 7. The summed E-state index contributed by atoms with van der Waals surface area (Å²) in [7, 11) is 0. The Hall–Kier alpha value is -1.61. The molecule has 3 heteroatoms. The highest BCUT2D eigenvalue weighted by molar-refractivity contribution is 5.66. The molecule has 2 atom stereocenters. The molecule has 0 radical (unpaired) electrons. The van der Waals surface area contributed by atoms with Gasteiger partial charge in [-0.2, -0.15) is 0 Å². The zero-order chi connectivity index (χ0) is 16.8. The minimum Gasteiger partial charge on any atom is -0.481 e. The van der Waals surface area contributed by atoms with Gasteiger partial charge in [-0.1, -0.05) is 68.4 Å². The monoisotopic (exact) mass is 318 g/mol. The van der Waals surface area contributed by atoms with Crippen molar-refractivity contribution in [3.05, 3.63) is 48.6 Å². The number of aliphatic carboxylic acids is 1. The molecule has 1 rings (SSSR count). The maximum atomic E-state index is 10.4. The van der Waals surface area contributed by atoms with Crippen LogP contribution in [0.1, 0.15) is 58.3 Å². The molecule has 1 fully saturated rings. The van der Waals surface area contributed by atoms with Crippen molar-refractivity contribution < 1.29 is 14.6 Å². The summed E-state index contributed by atoms with van der Waals surface area (Å²) < 4.78 is 5.46. The summed E-state index contributed by atoms with van der Waals surface area (Å²) in [5.41, 5.74) is 0. The van der Waals surface area contributed by atoms with Crippen molar-refractivity contribution in [1.82, 2.24) is 0 Å². The summed E-state index contributed by atoms with van der Waals surface area (Å²) in [6.07, 6.45) is 24.9. The van der Waals surface area contributed by atoms with Gasteiger partial charge in [-0.15, -0.1) is 0 Å². The maximum absolute atomic E-state index is 10.4. The zero-order valence-corrected chi connectivity index (χ0v) is 14.2. The second-order valence-electron chi connectivity index (χ2n) is 5.83. The highest BCUT2D eigenvalue weighted by Crippen LogP contribution is 2.28. The van der Waals surface area contributed by atoms with Gasteiger partial charge in [0, 0.05) is 6.42 Å². The van der Waals surface area contributed by atoms with Crippen molar-refractivity contribution in [3.8, 4) is 0 Å². The summed E-state index contributed by atoms with van der Waals surface area (Å²) >= 11 is 0. The number of epoxide rings is 1. The number of carboxylic acid groups (broad SMARTS) is 1. The molecule has 1 heterocycles. The fourth-order valence-electron chi connectivity index (χ4n) is 2.28. The second kappa shape index (κ2) is 12.9. The second-order valence-corrected chi connectivity index (χ2v) is 5.83. The number of unbranched alkanes of at least 4 members (excludes halogenated alkanes) is 3. The quantitative estimate of drug-likeness (QED) is 0.220. The van der Waals surface area contributed by atoms with E-state index in [1.165, 1.54) is 25.7 Å². The average Bonchev–Trinajstić information content (AvgIpc) is 3.26. The summed E-state index contributed by atoms with van der Waals surface area (Å²) in [6, 6.07) is 0. The highest BCUT2D eigenvalue weighted by Gasteiger charge is 2.35. The largest absolute Gasteiger partial charge is 0.481 e. The van der Waals surface area contributed by atoms with E-state index in [0.717, 1.165) is 12.8 Å². The number of hydrogen-bond acceptors (Lipinski definition) is 2. The molecule has 0 spiro atoms. The van der Waals surface area contributed by atoms with Crippen molar-refractivity contribution in [2.45, 2.75) is 70.5 Å². The Labute approximate surface area is 140 Å². The lowest BCUT2D eigenvalue weighted by molar-refractivity contribution is -0.137. The smallest absolute Gasteiger partial charge is 0.303 e. The van der Waals surface area contributed by atoms with E-state index in [2.05, 4.69) is 31.2 Å². The molecule has 0 aromatic carbocycles. The predicted molar refractivity (Wildman–Crippen MR) is 95.5 cm³/mol. The average molecular weight is 318 g/mol. The van der Waals surface area contributed by atoms with Gasteiger partial charge in [-0.25, -0.2) is 0 Å². The van der Waals surface area contributed by atoms with Crippen LogP contribution in [0.2, 0.25) is 0 Å². The van der Waals surface area contributed by atoms with E-state index in [1.54, 1.807) is 0 Å². The molecular weight excluding hydrogens is 288 g/mol. The van der Waals surface area contributed by atoms with Crippen LogP contribution in [-0.2, 0) is 9.53 Å². The van der Waals surface area contributed by atoms with Crippen molar-refractivity contribution >= 4 is 5.97 Å². The molecule has 0 aliphatic carbocycles. The fourth-order valence-corrected chi connectivity index (χ4v) is 2.28. The van der Waals surface area contributed by atoms with Crippen molar-refractivity contribution in [2.75, 3.05) is 0 Å². The third-order valence-corrected chi connectivity index (χ3v) is 3.68. The minimum absolute atomic E-state index is 0.170. The zero-order valence-electron chi connectivity index (χ0n) is 14.2. The number of carbonyl (C=O) groups is 1. The van der Waals surface area contributed by atoms with Crippen molar-refractivity contribution in [3.63, 3.8) is 0 Å². The van der Waals surface area contributed by atoms with Gasteiger partial charge in [0.25, 0.3) is 0 Å². The summed E-state index contributed by atoms with van der Waals surface area (Å²) in [5.74, 6) is -0.733. The van der Waals surface area contributed by atoms with Crippen LogP contribution in [0, 0.1) is 0 Å². The number of ether oxygens (including phenoxy) is 1. The first kappa shape index (κ1) is 19.4. The molecule has 0 bridgehead atoms. The summed E-state index contributed by atoms with van der Waals surface area (Å²) in [5, 5.41) is 8.56. The number of carboxylic acids is 1. The Morgan fingerprint density at radius 2 is 1.87 bits per heavy atom. The Morgan fingerprint density at radius 3 is 2.65 bits per heavy atom. The molecule has 0 unspecified atom stereocenters. The molecule has 128 valence electrons. The van der Waals surface area contributed by atoms with Crippen LogP contribution in [0.4, 0.5) is 0 Å². The van der Waals surface area contributed by atoms with E-state index in [-0.39, 0.29) is 18.6 Å². The molecule has 0 saturated carbocycles. The van der Waals surface area contributed by atoms with Crippen LogP contribution >= 0.6 is 0 Å². The first-order valence-corrected chi connectivity index (χ1v) is 8.76. The van der Waals surface area contributed by atoms with Gasteiger partial charge < -0.3 is 9.84 Å². The van der Waals surface area contributed by atoms with Crippen molar-refractivity contribution in [2.24, 2.45) is 0 Å². The van der Waals surface area contributed by atoms with Crippen LogP contribution in [0.5, 0.6) is 0 Å². The van der Waals surface area contributed by atoms with E-state index in [1.807, 2.05) is 24.3 Å². The first-order valence-electron chi connectivity index (χ1n) is 8.76. The van der Waals surface area contributed by atoms with Crippen molar-refractivity contribution in [1.29, 1.82) is 0 Å². The minimum atomic E-state index is -0.733. The van der Waals surface area contributed by atoms with Gasteiger partial charge in [-0.05, 0) is 32.1 Å². The lowest BCUT2D eigenvalue weighted by Gasteiger charge is -1.91. The predicted octanol–water partition coefficient (Wildman–Crippen LogP) is 5.20. The third kappa shape index (κ3) is 11.6. The topological polar surface area (TPSA) is 49.8 Å². The normalized spacial score (nSPS) is 21.3. The lowest BCUT2D eigenvalue weighted by atomic mass is 10.1. The van der Waals surface area contributed by atoms with Gasteiger partial charge in [-0.3, -0.25) is 4.79 Å². The van der Waals surface area contributed by atoms with Crippen LogP contribution in [0.3, 0.4) is 0 Å². The third-order valence-electron chi connectivity index (χ3n) is 3.68. The SMILES string of the molecule is CCCCC/C=C\C/C=C/C=C\C=C\[C@@H]1O[C@H]1CCCC(=O)O. The van der Waals surface area contributed by atoms with E-state index in [9.17, 15) is 4.79 Å². The summed E-state index contributed by atoms with van der Waals surface area (Å²) in [6.45, 7) is 2.22. The Bertz CT molecular complexity index is 432. The fraction of sp³-hybridized carbons (Fsp3) is 0.550. The van der Waals surface area contributed by atoms with Crippen LogP contribution < -0.4 is 0 Å². The maximum Gasteiger partial charge on any atom is 0.303 e. The number of hydrogen-bond donors (Lipinski definition) is 1. The molecule has 1 aliphatic heterocycles. The Morgan fingerprint density at radius 1 is 1.04 bits per heavy atom. The van der Waals surface area contributed by atoms with E-state index in [4.69, 9.17) is 9.84 Å². The number of rotatable bonds is 13. The molecule has 23 heavy (non-hydrogen) atoms. The molecular formula is C20H30O3. The van der Waals surface area contributed by atoms with E-state index >= 15 is 0 Å². The molecule has 3 nitrogen and oxygen atoms in total. The van der Waals surface area contributed by atoms with E-state index in [0.29, 0.717) is 6.42 Å². The molecule has 0 aromatic rings. The molecule has 0 amide bonds. The van der Waals surface area contributed by atoms with Gasteiger partial charge in [0.15, 0.2) is 0 Å².